The number of hydrogen-bond donors (Lipinski definition) is 8. The topological polar surface area (TPSA) is 265 Å². The fourth-order valence-corrected chi connectivity index (χ4v) is 3.01. The Labute approximate surface area is 200 Å². The zero-order valence-corrected chi connectivity index (χ0v) is 19.4. The average Bonchev–Trinajstić information content (AvgIpc) is 3.25. The molecule has 5 amide bonds. The largest absolute Gasteiger partial charge is 0.480 e. The molecule has 0 aliphatic carbocycles. The second kappa shape index (κ2) is 13.6. The molecule has 4 atom stereocenters. The van der Waals surface area contributed by atoms with Gasteiger partial charge in [-0.25, -0.2) is 9.78 Å². The van der Waals surface area contributed by atoms with E-state index in [4.69, 9.17) is 17.2 Å². The fraction of sp³-hybridized carbons (Fsp3) is 0.550. The van der Waals surface area contributed by atoms with Crippen LogP contribution in [-0.2, 0) is 35.2 Å². The number of rotatable bonds is 15. The second-order valence-corrected chi connectivity index (χ2v) is 8.25. The summed E-state index contributed by atoms with van der Waals surface area (Å²) >= 11 is 0. The Morgan fingerprint density at radius 2 is 1.57 bits per heavy atom. The van der Waals surface area contributed by atoms with E-state index >= 15 is 0 Å². The average molecular weight is 497 g/mol. The number of nitrogens with one attached hydrogen (secondary N) is 4. The van der Waals surface area contributed by atoms with Crippen molar-refractivity contribution in [2.24, 2.45) is 23.1 Å². The Balaban J connectivity index is 2.99. The fourth-order valence-electron chi connectivity index (χ4n) is 3.01. The molecule has 4 unspecified atom stereocenters. The number of H-pyrrole nitrogens is 1. The van der Waals surface area contributed by atoms with E-state index in [0.29, 0.717) is 5.69 Å². The number of amides is 5. The van der Waals surface area contributed by atoms with Crippen LogP contribution in [0.3, 0.4) is 0 Å². The molecule has 15 nitrogen and oxygen atoms in total. The minimum absolute atomic E-state index is 0.0779. The molecule has 0 aliphatic rings. The summed E-state index contributed by atoms with van der Waals surface area (Å²) in [5.41, 5.74) is 16.8. The normalized spacial score (nSPS) is 14.3. The van der Waals surface area contributed by atoms with Gasteiger partial charge in [-0.1, -0.05) is 13.8 Å². The van der Waals surface area contributed by atoms with Gasteiger partial charge in [-0.3, -0.25) is 24.0 Å². The first kappa shape index (κ1) is 29.0. The van der Waals surface area contributed by atoms with Crippen LogP contribution in [0.1, 0.15) is 38.8 Å². The molecule has 194 valence electrons. The standard InChI is InChI=1S/C20H32N8O7/c1-9(2)16(20(34)35)28-19(33)13(6-15(23)30)27-18(32)12(3-4-14(22)29)26-17(31)11(21)5-10-7-24-8-25-10/h7-9,11-13,16H,3-6,21H2,1-2H3,(H2,22,29)(H2,23,30)(H,24,25)(H,26,31)(H,27,32)(H,28,33)(H,34,35). The van der Waals surface area contributed by atoms with Crippen molar-refractivity contribution in [1.82, 2.24) is 25.9 Å². The number of carboxylic acid groups (broad SMARTS) is 1. The molecule has 0 aliphatic heterocycles. The van der Waals surface area contributed by atoms with Gasteiger partial charge in [0, 0.05) is 24.7 Å². The van der Waals surface area contributed by atoms with Crippen LogP contribution in [0.15, 0.2) is 12.5 Å². The molecule has 35 heavy (non-hydrogen) atoms. The molecular weight excluding hydrogens is 464 g/mol. The van der Waals surface area contributed by atoms with E-state index in [1.807, 2.05) is 0 Å². The number of carbonyl (C=O) groups is 6. The molecule has 0 saturated heterocycles. The Bertz CT molecular complexity index is 919. The van der Waals surface area contributed by atoms with Gasteiger partial charge in [-0.2, -0.15) is 0 Å². The van der Waals surface area contributed by atoms with Crippen molar-refractivity contribution < 1.29 is 33.9 Å². The highest BCUT2D eigenvalue weighted by atomic mass is 16.4. The summed E-state index contributed by atoms with van der Waals surface area (Å²) in [7, 11) is 0. The van der Waals surface area contributed by atoms with Crippen molar-refractivity contribution in [2.75, 3.05) is 0 Å². The maximum atomic E-state index is 12.9. The van der Waals surface area contributed by atoms with E-state index < -0.39 is 72.0 Å². The number of aromatic nitrogens is 2. The van der Waals surface area contributed by atoms with Crippen molar-refractivity contribution in [1.29, 1.82) is 0 Å². The summed E-state index contributed by atoms with van der Waals surface area (Å²) in [6.07, 6.45) is 1.81. The number of carboxylic acids is 1. The minimum atomic E-state index is -1.53. The number of primary amides is 2. The number of carbonyl (C=O) groups excluding carboxylic acids is 5. The van der Waals surface area contributed by atoms with Crippen molar-refractivity contribution >= 4 is 35.5 Å². The summed E-state index contributed by atoms with van der Waals surface area (Å²) < 4.78 is 0. The quantitative estimate of drug-likeness (QED) is 0.120. The highest BCUT2D eigenvalue weighted by molar-refractivity contribution is 5.96. The first-order valence-electron chi connectivity index (χ1n) is 10.7. The molecule has 11 N–H and O–H groups in total. The van der Waals surface area contributed by atoms with Crippen molar-refractivity contribution in [3.63, 3.8) is 0 Å². The molecule has 0 fully saturated rings. The Hall–Kier alpha value is -4.01. The van der Waals surface area contributed by atoms with Crippen LogP contribution in [0.25, 0.3) is 0 Å². The third-order valence-electron chi connectivity index (χ3n) is 4.91. The van der Waals surface area contributed by atoms with E-state index in [1.165, 1.54) is 12.5 Å². The van der Waals surface area contributed by atoms with Crippen LogP contribution in [0.5, 0.6) is 0 Å². The lowest BCUT2D eigenvalue weighted by atomic mass is 10.0. The molecule has 0 spiro atoms. The summed E-state index contributed by atoms with van der Waals surface area (Å²) in [6, 6.07) is -5.24. The number of aromatic amines is 1. The lowest BCUT2D eigenvalue weighted by Crippen LogP contribution is -2.58. The molecule has 1 rings (SSSR count). The van der Waals surface area contributed by atoms with Crippen LogP contribution in [0, 0.1) is 5.92 Å². The van der Waals surface area contributed by atoms with Gasteiger partial charge in [0.1, 0.15) is 18.1 Å². The monoisotopic (exact) mass is 496 g/mol. The van der Waals surface area contributed by atoms with Gasteiger partial charge < -0.3 is 43.2 Å². The number of nitrogens with zero attached hydrogens (tertiary/aromatic N) is 1. The first-order chi connectivity index (χ1) is 16.3. The lowest BCUT2D eigenvalue weighted by Gasteiger charge is -2.25. The van der Waals surface area contributed by atoms with Gasteiger partial charge in [0.05, 0.1) is 18.8 Å². The smallest absolute Gasteiger partial charge is 0.326 e. The molecule has 1 aromatic rings. The number of imidazole rings is 1. The predicted molar refractivity (Wildman–Crippen MR) is 121 cm³/mol. The first-order valence-corrected chi connectivity index (χ1v) is 10.7. The second-order valence-electron chi connectivity index (χ2n) is 8.25. The molecule has 0 bridgehead atoms. The van der Waals surface area contributed by atoms with Crippen LogP contribution >= 0.6 is 0 Å². The van der Waals surface area contributed by atoms with Crippen LogP contribution in [0.2, 0.25) is 0 Å². The van der Waals surface area contributed by atoms with Crippen molar-refractivity contribution in [3.05, 3.63) is 18.2 Å². The van der Waals surface area contributed by atoms with Gasteiger partial charge >= 0.3 is 5.97 Å². The molecular formula is C20H32N8O7. The highest BCUT2D eigenvalue weighted by Crippen LogP contribution is 2.06. The Kier molecular flexibility index (Phi) is 11.3. The lowest BCUT2D eigenvalue weighted by molar-refractivity contribution is -0.143. The van der Waals surface area contributed by atoms with E-state index in [1.54, 1.807) is 13.8 Å². The highest BCUT2D eigenvalue weighted by Gasteiger charge is 2.32. The van der Waals surface area contributed by atoms with Gasteiger partial charge in [-0.15, -0.1) is 0 Å². The van der Waals surface area contributed by atoms with Crippen LogP contribution in [-0.4, -0.2) is 74.7 Å². The zero-order valence-electron chi connectivity index (χ0n) is 19.4. The molecule has 0 radical (unpaired) electrons. The number of nitrogens with two attached hydrogens (primary N) is 3. The van der Waals surface area contributed by atoms with E-state index in [0.717, 1.165) is 0 Å². The third-order valence-corrected chi connectivity index (χ3v) is 4.91. The SMILES string of the molecule is CC(C)C(NC(=O)C(CC(N)=O)NC(=O)C(CCC(N)=O)NC(=O)C(N)Cc1cnc[nH]1)C(=O)O. The summed E-state index contributed by atoms with van der Waals surface area (Å²) in [5, 5.41) is 16.2. The minimum Gasteiger partial charge on any atom is -0.480 e. The Morgan fingerprint density at radius 3 is 2.06 bits per heavy atom. The summed E-state index contributed by atoms with van der Waals surface area (Å²) in [4.78, 5) is 78.8. The van der Waals surface area contributed by atoms with Gasteiger partial charge in [0.15, 0.2) is 0 Å². The van der Waals surface area contributed by atoms with Crippen molar-refractivity contribution in [2.45, 2.75) is 63.7 Å². The third kappa shape index (κ3) is 10.2. The molecule has 15 heteroatoms. The van der Waals surface area contributed by atoms with Crippen molar-refractivity contribution in [3.8, 4) is 0 Å². The van der Waals surface area contributed by atoms with Gasteiger partial charge in [-0.05, 0) is 12.3 Å². The summed E-state index contributed by atoms with van der Waals surface area (Å²) in [5.74, 6) is -6.12. The van der Waals surface area contributed by atoms with E-state index in [2.05, 4.69) is 25.9 Å². The summed E-state index contributed by atoms with van der Waals surface area (Å²) in [6.45, 7) is 3.12. The number of hydrogen-bond acceptors (Lipinski definition) is 8. The van der Waals surface area contributed by atoms with E-state index in [-0.39, 0.29) is 19.3 Å². The van der Waals surface area contributed by atoms with Crippen LogP contribution < -0.4 is 33.2 Å². The molecule has 1 heterocycles. The maximum absolute atomic E-state index is 12.9. The molecule has 1 aromatic heterocycles. The van der Waals surface area contributed by atoms with Gasteiger partial charge in [0.25, 0.3) is 0 Å². The van der Waals surface area contributed by atoms with Gasteiger partial charge in [0.2, 0.25) is 29.5 Å². The van der Waals surface area contributed by atoms with E-state index in [9.17, 15) is 33.9 Å². The maximum Gasteiger partial charge on any atom is 0.326 e. The Morgan fingerprint density at radius 1 is 0.971 bits per heavy atom. The number of aliphatic carboxylic acids is 1. The zero-order chi connectivity index (χ0) is 26.7. The van der Waals surface area contributed by atoms with Crippen LogP contribution in [0.4, 0.5) is 0 Å². The predicted octanol–water partition coefficient (Wildman–Crippen LogP) is -3.38. The molecule has 0 aromatic carbocycles. The molecule has 0 saturated carbocycles.